The molecule has 0 bridgehead atoms. The standard InChI is InChI=1S/C38H54F2O2Si/c1-5-6-7-12-15-28-41-34-24-22-32(23-25-34)31-18-20-33(21-19-31)35-26-27-36(38(40)37(35)39)42-29-16-13-10-8-9-11-14-17-30-43(2,3)4/h18-27H,5-17,28-30H2,1-4H3. The summed E-state index contributed by atoms with van der Waals surface area (Å²) in [5.41, 5.74) is 2.94. The summed E-state index contributed by atoms with van der Waals surface area (Å²) in [6.45, 7) is 10.7. The van der Waals surface area contributed by atoms with Crippen LogP contribution in [0.2, 0.25) is 25.7 Å². The Kier molecular flexibility index (Phi) is 15.3. The summed E-state index contributed by atoms with van der Waals surface area (Å²) in [7, 11) is -0.893. The van der Waals surface area contributed by atoms with Gasteiger partial charge in [-0.3, -0.25) is 0 Å². The predicted molar refractivity (Wildman–Crippen MR) is 182 cm³/mol. The van der Waals surface area contributed by atoms with Crippen LogP contribution >= 0.6 is 0 Å². The van der Waals surface area contributed by atoms with E-state index in [1.807, 2.05) is 48.5 Å². The summed E-state index contributed by atoms with van der Waals surface area (Å²) in [5.74, 6) is -0.922. The van der Waals surface area contributed by atoms with Crippen LogP contribution in [0.4, 0.5) is 8.78 Å². The van der Waals surface area contributed by atoms with Crippen LogP contribution in [-0.2, 0) is 0 Å². The first-order valence-corrected chi connectivity index (χ1v) is 20.4. The minimum absolute atomic E-state index is 0.0106. The third-order valence-electron chi connectivity index (χ3n) is 8.03. The number of hydrogen-bond donors (Lipinski definition) is 0. The highest BCUT2D eigenvalue weighted by molar-refractivity contribution is 6.76. The number of ether oxygens (including phenoxy) is 2. The third kappa shape index (κ3) is 12.8. The smallest absolute Gasteiger partial charge is 0.201 e. The van der Waals surface area contributed by atoms with Crippen LogP contribution in [0.25, 0.3) is 22.3 Å². The van der Waals surface area contributed by atoms with Crippen molar-refractivity contribution in [2.75, 3.05) is 13.2 Å². The van der Waals surface area contributed by atoms with Gasteiger partial charge in [0.05, 0.1) is 13.2 Å². The van der Waals surface area contributed by atoms with E-state index in [1.165, 1.54) is 70.3 Å². The highest BCUT2D eigenvalue weighted by Gasteiger charge is 2.16. The zero-order valence-corrected chi connectivity index (χ0v) is 28.2. The zero-order chi connectivity index (χ0) is 30.9. The maximum Gasteiger partial charge on any atom is 0.201 e. The molecule has 43 heavy (non-hydrogen) atoms. The van der Waals surface area contributed by atoms with E-state index in [4.69, 9.17) is 9.47 Å². The second-order valence-corrected chi connectivity index (χ2v) is 18.7. The minimum atomic E-state index is -0.916. The molecule has 0 aliphatic rings. The van der Waals surface area contributed by atoms with E-state index in [-0.39, 0.29) is 11.3 Å². The molecule has 0 N–H and O–H groups in total. The van der Waals surface area contributed by atoms with Gasteiger partial charge in [0.1, 0.15) is 5.75 Å². The lowest BCUT2D eigenvalue weighted by Crippen LogP contribution is -2.18. The van der Waals surface area contributed by atoms with Gasteiger partial charge in [-0.05, 0) is 53.8 Å². The first-order valence-electron chi connectivity index (χ1n) is 16.7. The molecule has 0 atom stereocenters. The predicted octanol–water partition coefficient (Wildman–Crippen LogP) is 12.5. The van der Waals surface area contributed by atoms with Gasteiger partial charge in [-0.1, -0.05) is 140 Å². The lowest BCUT2D eigenvalue weighted by Gasteiger charge is -2.14. The van der Waals surface area contributed by atoms with Crippen molar-refractivity contribution >= 4 is 8.07 Å². The SMILES string of the molecule is CCCCCCCOc1ccc(-c2ccc(-c3ccc(OCCCCCCCCCC[Si](C)(C)C)c(F)c3F)cc2)cc1. The van der Waals surface area contributed by atoms with E-state index in [0.29, 0.717) is 12.2 Å². The van der Waals surface area contributed by atoms with Crippen LogP contribution < -0.4 is 9.47 Å². The van der Waals surface area contributed by atoms with Gasteiger partial charge in [0.15, 0.2) is 11.6 Å². The molecule has 0 fully saturated rings. The Morgan fingerprint density at radius 3 is 1.58 bits per heavy atom. The van der Waals surface area contributed by atoms with Crippen molar-refractivity contribution in [1.29, 1.82) is 0 Å². The topological polar surface area (TPSA) is 18.5 Å². The molecule has 0 aliphatic carbocycles. The molecule has 0 aromatic heterocycles. The molecule has 2 nitrogen and oxygen atoms in total. The first-order chi connectivity index (χ1) is 20.8. The molecular formula is C38H54F2O2Si. The van der Waals surface area contributed by atoms with Crippen molar-refractivity contribution in [3.63, 3.8) is 0 Å². The average Bonchev–Trinajstić information content (AvgIpc) is 2.99. The summed E-state index contributed by atoms with van der Waals surface area (Å²) < 4.78 is 41.3. The lowest BCUT2D eigenvalue weighted by molar-refractivity contribution is 0.285. The number of rotatable bonds is 21. The molecule has 236 valence electrons. The first kappa shape index (κ1) is 34.8. The Balaban J connectivity index is 1.40. The molecule has 0 heterocycles. The second kappa shape index (κ2) is 18.9. The Labute approximate surface area is 261 Å². The van der Waals surface area contributed by atoms with Crippen LogP contribution in [0.3, 0.4) is 0 Å². The summed E-state index contributed by atoms with van der Waals surface area (Å²) in [5, 5.41) is 0. The van der Waals surface area contributed by atoms with Gasteiger partial charge >= 0.3 is 0 Å². The Hall–Kier alpha value is -2.66. The Morgan fingerprint density at radius 2 is 1.00 bits per heavy atom. The summed E-state index contributed by atoms with van der Waals surface area (Å²) in [6.07, 6.45) is 15.7. The summed E-state index contributed by atoms with van der Waals surface area (Å²) in [6, 6.07) is 20.2. The highest BCUT2D eigenvalue weighted by Crippen LogP contribution is 2.32. The van der Waals surface area contributed by atoms with Crippen molar-refractivity contribution < 1.29 is 18.3 Å². The van der Waals surface area contributed by atoms with E-state index in [1.54, 1.807) is 12.1 Å². The zero-order valence-electron chi connectivity index (χ0n) is 27.2. The largest absolute Gasteiger partial charge is 0.494 e. The van der Waals surface area contributed by atoms with E-state index in [9.17, 15) is 4.39 Å². The van der Waals surface area contributed by atoms with Crippen LogP contribution in [0.1, 0.15) is 90.4 Å². The third-order valence-corrected chi connectivity index (χ3v) is 9.88. The fourth-order valence-corrected chi connectivity index (χ4v) is 6.66. The highest BCUT2D eigenvalue weighted by atomic mass is 28.3. The number of hydrogen-bond acceptors (Lipinski definition) is 2. The average molecular weight is 609 g/mol. The van der Waals surface area contributed by atoms with E-state index in [0.717, 1.165) is 42.7 Å². The number of benzene rings is 3. The van der Waals surface area contributed by atoms with Gasteiger partial charge in [-0.25, -0.2) is 4.39 Å². The minimum Gasteiger partial charge on any atom is -0.494 e. The fourth-order valence-electron chi connectivity index (χ4n) is 5.35. The molecule has 0 saturated heterocycles. The molecule has 3 rings (SSSR count). The summed E-state index contributed by atoms with van der Waals surface area (Å²) >= 11 is 0. The normalized spacial score (nSPS) is 11.6. The van der Waals surface area contributed by atoms with E-state index >= 15 is 4.39 Å². The van der Waals surface area contributed by atoms with E-state index < -0.39 is 19.7 Å². The molecule has 0 aliphatic heterocycles. The van der Waals surface area contributed by atoms with Gasteiger partial charge in [0, 0.05) is 13.6 Å². The van der Waals surface area contributed by atoms with Crippen molar-refractivity contribution in [2.24, 2.45) is 0 Å². The molecule has 3 aromatic carbocycles. The molecule has 0 amide bonds. The second-order valence-electron chi connectivity index (χ2n) is 13.1. The lowest BCUT2D eigenvalue weighted by atomic mass is 9.99. The van der Waals surface area contributed by atoms with Gasteiger partial charge in [0.25, 0.3) is 0 Å². The van der Waals surface area contributed by atoms with Gasteiger partial charge in [-0.15, -0.1) is 0 Å². The molecule has 0 saturated carbocycles. The van der Waals surface area contributed by atoms with Gasteiger partial charge in [-0.2, -0.15) is 4.39 Å². The van der Waals surface area contributed by atoms with E-state index in [2.05, 4.69) is 26.6 Å². The Morgan fingerprint density at radius 1 is 0.512 bits per heavy atom. The van der Waals surface area contributed by atoms with Crippen molar-refractivity contribution in [2.45, 2.75) is 116 Å². The molecule has 0 radical (unpaired) electrons. The van der Waals surface area contributed by atoms with Crippen molar-refractivity contribution in [3.8, 4) is 33.8 Å². The summed E-state index contributed by atoms with van der Waals surface area (Å²) in [4.78, 5) is 0. The fraction of sp³-hybridized carbons (Fsp3) is 0.526. The maximum atomic E-state index is 15.0. The number of halogens is 2. The maximum absolute atomic E-state index is 15.0. The van der Waals surface area contributed by atoms with Crippen LogP contribution in [0.15, 0.2) is 60.7 Å². The molecule has 0 spiro atoms. The Bertz CT molecular complexity index is 1190. The van der Waals surface area contributed by atoms with Crippen LogP contribution in [-0.4, -0.2) is 21.3 Å². The van der Waals surface area contributed by atoms with Gasteiger partial charge < -0.3 is 9.47 Å². The molecule has 5 heteroatoms. The number of unbranched alkanes of at least 4 members (excludes halogenated alkanes) is 11. The monoisotopic (exact) mass is 608 g/mol. The van der Waals surface area contributed by atoms with Crippen LogP contribution in [0.5, 0.6) is 11.5 Å². The van der Waals surface area contributed by atoms with Crippen molar-refractivity contribution in [3.05, 3.63) is 72.3 Å². The quantitative estimate of drug-likeness (QED) is 0.0884. The van der Waals surface area contributed by atoms with Crippen molar-refractivity contribution in [1.82, 2.24) is 0 Å². The van der Waals surface area contributed by atoms with Gasteiger partial charge in [0.2, 0.25) is 5.82 Å². The molecule has 3 aromatic rings. The van der Waals surface area contributed by atoms with Crippen LogP contribution in [0, 0.1) is 11.6 Å². The molecular weight excluding hydrogens is 554 g/mol. The molecule has 0 unspecified atom stereocenters.